The molecule has 1 saturated carbocycles. The fourth-order valence-corrected chi connectivity index (χ4v) is 3.60. The molecule has 7 heteroatoms. The summed E-state index contributed by atoms with van der Waals surface area (Å²) in [6, 6.07) is 7.97. The summed E-state index contributed by atoms with van der Waals surface area (Å²) < 4.78 is 6.73. The van der Waals surface area contributed by atoms with Gasteiger partial charge in [0, 0.05) is 7.05 Å². The highest BCUT2D eigenvalue weighted by molar-refractivity contribution is 5.68. The molecule has 24 heavy (non-hydrogen) atoms. The Morgan fingerprint density at radius 3 is 2.62 bits per heavy atom. The number of para-hydroxylation sites is 1. The molecule has 1 aromatic carbocycles. The molecule has 0 atom stereocenters. The van der Waals surface area contributed by atoms with E-state index in [4.69, 9.17) is 4.74 Å². The lowest BCUT2D eigenvalue weighted by Crippen LogP contribution is -2.50. The molecular formula is C17H23N5O2. The molecule has 0 aliphatic heterocycles. The Morgan fingerprint density at radius 2 is 1.96 bits per heavy atom. The number of hydrogen-bond acceptors (Lipinski definition) is 5. The number of benzene rings is 1. The SMILES string of the molecule is COC(=O)N(C)C1(c2nnnn2-c2ccccc2C)CCCCC1. The van der Waals surface area contributed by atoms with Crippen molar-refractivity contribution in [3.05, 3.63) is 35.7 Å². The number of hydrogen-bond donors (Lipinski definition) is 0. The first-order valence-electron chi connectivity index (χ1n) is 8.27. The van der Waals surface area contributed by atoms with Crippen LogP contribution in [0.3, 0.4) is 0 Å². The summed E-state index contributed by atoms with van der Waals surface area (Å²) in [6.07, 6.45) is 4.50. The molecule has 0 N–H and O–H groups in total. The summed E-state index contributed by atoms with van der Waals surface area (Å²) in [5.41, 5.74) is 1.47. The van der Waals surface area contributed by atoms with Gasteiger partial charge in [-0.2, -0.15) is 4.68 Å². The molecule has 2 aromatic rings. The van der Waals surface area contributed by atoms with Gasteiger partial charge < -0.3 is 4.74 Å². The number of ether oxygens (including phenoxy) is 1. The minimum absolute atomic E-state index is 0.365. The Hall–Kier alpha value is -2.44. The highest BCUT2D eigenvalue weighted by Gasteiger charge is 2.45. The van der Waals surface area contributed by atoms with Crippen LogP contribution in [0.5, 0.6) is 0 Å². The first kappa shape index (κ1) is 16.4. The third-order valence-corrected chi connectivity index (χ3v) is 5.00. The van der Waals surface area contributed by atoms with E-state index in [1.165, 1.54) is 7.11 Å². The lowest BCUT2D eigenvalue weighted by atomic mass is 9.79. The van der Waals surface area contributed by atoms with E-state index in [-0.39, 0.29) is 6.09 Å². The van der Waals surface area contributed by atoms with Gasteiger partial charge in [-0.05, 0) is 41.8 Å². The average Bonchev–Trinajstić information content (AvgIpc) is 3.11. The summed E-state index contributed by atoms with van der Waals surface area (Å²) in [5.74, 6) is 0.699. The maximum Gasteiger partial charge on any atom is 0.410 e. The van der Waals surface area contributed by atoms with Gasteiger partial charge in [0.2, 0.25) is 0 Å². The molecular weight excluding hydrogens is 306 g/mol. The molecule has 1 heterocycles. The number of carbonyl (C=O) groups is 1. The van der Waals surface area contributed by atoms with Crippen LogP contribution in [-0.4, -0.2) is 45.4 Å². The fraction of sp³-hybridized carbons (Fsp3) is 0.529. The molecule has 1 aliphatic carbocycles. The maximum absolute atomic E-state index is 12.3. The van der Waals surface area contributed by atoms with Gasteiger partial charge in [-0.25, -0.2) is 4.79 Å². The van der Waals surface area contributed by atoms with Crippen molar-refractivity contribution >= 4 is 6.09 Å². The van der Waals surface area contributed by atoms with Crippen molar-refractivity contribution in [3.8, 4) is 5.69 Å². The summed E-state index contributed by atoms with van der Waals surface area (Å²) in [6.45, 7) is 2.03. The van der Waals surface area contributed by atoms with Crippen molar-refractivity contribution in [2.24, 2.45) is 0 Å². The number of aryl methyl sites for hydroxylation is 1. The normalized spacial score (nSPS) is 16.6. The summed E-state index contributed by atoms with van der Waals surface area (Å²) in [7, 11) is 3.17. The smallest absolute Gasteiger partial charge is 0.410 e. The Morgan fingerprint density at radius 1 is 1.25 bits per heavy atom. The van der Waals surface area contributed by atoms with Crippen molar-refractivity contribution < 1.29 is 9.53 Å². The number of aromatic nitrogens is 4. The van der Waals surface area contributed by atoms with E-state index in [9.17, 15) is 4.79 Å². The predicted molar refractivity (Wildman–Crippen MR) is 88.8 cm³/mol. The number of amides is 1. The van der Waals surface area contributed by atoms with Crippen molar-refractivity contribution in [2.75, 3.05) is 14.2 Å². The second kappa shape index (κ2) is 6.59. The van der Waals surface area contributed by atoms with Crippen molar-refractivity contribution in [1.29, 1.82) is 0 Å². The minimum atomic E-state index is -0.545. The molecule has 0 spiro atoms. The van der Waals surface area contributed by atoms with Crippen molar-refractivity contribution in [1.82, 2.24) is 25.1 Å². The zero-order chi connectivity index (χ0) is 17.2. The minimum Gasteiger partial charge on any atom is -0.453 e. The van der Waals surface area contributed by atoms with Crippen LogP contribution >= 0.6 is 0 Å². The van der Waals surface area contributed by atoms with E-state index in [2.05, 4.69) is 15.5 Å². The Balaban J connectivity index is 2.12. The molecule has 0 saturated heterocycles. The van der Waals surface area contributed by atoms with Gasteiger partial charge in [0.15, 0.2) is 5.82 Å². The first-order valence-corrected chi connectivity index (χ1v) is 8.27. The molecule has 0 bridgehead atoms. The number of tetrazole rings is 1. The number of carbonyl (C=O) groups excluding carboxylic acids is 1. The number of nitrogens with zero attached hydrogens (tertiary/aromatic N) is 5. The summed E-state index contributed by atoms with van der Waals surface area (Å²) in [5, 5.41) is 12.4. The quantitative estimate of drug-likeness (QED) is 0.866. The van der Waals surface area contributed by atoms with Crippen molar-refractivity contribution in [3.63, 3.8) is 0 Å². The van der Waals surface area contributed by atoms with Crippen LogP contribution in [0.15, 0.2) is 24.3 Å². The first-order chi connectivity index (χ1) is 11.6. The zero-order valence-electron chi connectivity index (χ0n) is 14.4. The van der Waals surface area contributed by atoms with E-state index < -0.39 is 5.54 Å². The topological polar surface area (TPSA) is 73.1 Å². The average molecular weight is 329 g/mol. The van der Waals surface area contributed by atoms with Gasteiger partial charge in [0.1, 0.15) is 5.54 Å². The Bertz CT molecular complexity index is 721. The molecule has 0 radical (unpaired) electrons. The molecule has 3 rings (SSSR count). The lowest BCUT2D eigenvalue weighted by Gasteiger charge is -2.42. The van der Waals surface area contributed by atoms with E-state index in [1.807, 2.05) is 31.2 Å². The molecule has 1 aromatic heterocycles. The second-order valence-corrected chi connectivity index (χ2v) is 6.32. The summed E-state index contributed by atoms with van der Waals surface area (Å²) >= 11 is 0. The van der Waals surface area contributed by atoms with Gasteiger partial charge in [-0.1, -0.05) is 37.5 Å². The van der Waals surface area contributed by atoms with Crippen LogP contribution in [0, 0.1) is 6.92 Å². The molecule has 1 aliphatic rings. The standard InChI is InChI=1S/C17H23N5O2/c1-13-9-5-6-10-14(13)22-15(18-19-20-22)17(11-7-4-8-12-17)21(2)16(23)24-3/h5-6,9-10H,4,7-8,11-12H2,1-3H3. The second-order valence-electron chi connectivity index (χ2n) is 6.32. The molecule has 1 amide bonds. The van der Waals surface area contributed by atoms with Crippen molar-refractivity contribution in [2.45, 2.75) is 44.6 Å². The Labute approximate surface area is 141 Å². The van der Waals surface area contributed by atoms with Crippen LogP contribution in [0.2, 0.25) is 0 Å². The van der Waals surface area contributed by atoms with Crippen LogP contribution in [0.4, 0.5) is 4.79 Å². The highest BCUT2D eigenvalue weighted by Crippen LogP contribution is 2.41. The van der Waals surface area contributed by atoms with Gasteiger partial charge in [0.05, 0.1) is 12.8 Å². The third kappa shape index (κ3) is 2.64. The van der Waals surface area contributed by atoms with E-state index in [0.717, 1.165) is 43.4 Å². The third-order valence-electron chi connectivity index (χ3n) is 5.00. The lowest BCUT2D eigenvalue weighted by molar-refractivity contribution is 0.0472. The largest absolute Gasteiger partial charge is 0.453 e. The fourth-order valence-electron chi connectivity index (χ4n) is 3.60. The predicted octanol–water partition coefficient (Wildman–Crippen LogP) is 2.83. The summed E-state index contributed by atoms with van der Waals surface area (Å²) in [4.78, 5) is 13.9. The monoisotopic (exact) mass is 329 g/mol. The van der Waals surface area contributed by atoms with Gasteiger partial charge in [0.25, 0.3) is 0 Å². The van der Waals surface area contributed by atoms with E-state index in [0.29, 0.717) is 5.82 Å². The highest BCUT2D eigenvalue weighted by atomic mass is 16.5. The molecule has 128 valence electrons. The van der Waals surface area contributed by atoms with Crippen LogP contribution in [-0.2, 0) is 10.3 Å². The van der Waals surface area contributed by atoms with Gasteiger partial charge >= 0.3 is 6.09 Å². The van der Waals surface area contributed by atoms with Crippen LogP contribution in [0.25, 0.3) is 5.69 Å². The maximum atomic E-state index is 12.3. The van der Waals surface area contributed by atoms with Gasteiger partial charge in [-0.15, -0.1) is 5.10 Å². The van der Waals surface area contributed by atoms with Gasteiger partial charge in [-0.3, -0.25) is 4.90 Å². The number of methoxy groups -OCH3 is 1. The number of rotatable bonds is 3. The van der Waals surface area contributed by atoms with Crippen LogP contribution < -0.4 is 0 Å². The zero-order valence-corrected chi connectivity index (χ0v) is 14.4. The van der Waals surface area contributed by atoms with E-state index >= 15 is 0 Å². The van der Waals surface area contributed by atoms with E-state index in [1.54, 1.807) is 16.6 Å². The molecule has 1 fully saturated rings. The van der Waals surface area contributed by atoms with Crippen LogP contribution in [0.1, 0.15) is 43.5 Å². The Kier molecular flexibility index (Phi) is 4.51. The molecule has 0 unspecified atom stereocenters. The molecule has 7 nitrogen and oxygen atoms in total.